The minimum absolute atomic E-state index is 0.00239. The van der Waals surface area contributed by atoms with Gasteiger partial charge in [-0.3, -0.25) is 0 Å². The number of benzene rings is 18. The van der Waals surface area contributed by atoms with Crippen molar-refractivity contribution in [3.05, 3.63) is 448 Å². The average Bonchev–Trinajstić information content (AvgIpc) is 0.948. The van der Waals surface area contributed by atoms with Crippen molar-refractivity contribution in [1.29, 1.82) is 0 Å². The zero-order chi connectivity index (χ0) is 78.6. The van der Waals surface area contributed by atoms with Gasteiger partial charge in [0.15, 0.2) is 16.1 Å². The van der Waals surface area contributed by atoms with Crippen molar-refractivity contribution in [2.75, 3.05) is 0 Å². The highest BCUT2D eigenvalue weighted by atomic mass is 28.3. The number of rotatable bonds is 15. The summed E-state index contributed by atoms with van der Waals surface area (Å²) >= 11 is 0. The molecule has 0 spiro atoms. The lowest BCUT2D eigenvalue weighted by Gasteiger charge is -2.35. The van der Waals surface area contributed by atoms with Gasteiger partial charge in [0.1, 0.15) is 0 Å². The summed E-state index contributed by atoms with van der Waals surface area (Å²) in [6.07, 6.45) is 0. The van der Waals surface area contributed by atoms with Crippen LogP contribution in [0.3, 0.4) is 0 Å². The number of para-hydroxylation sites is 4. The van der Waals surface area contributed by atoms with E-state index in [0.29, 0.717) is 0 Å². The smallest absolute Gasteiger partial charge is 0.179 e. The topological polar surface area (TPSA) is 19.7 Å². The normalized spacial score (nSPS) is 12.2. The fourth-order valence-electron chi connectivity index (χ4n) is 19.7. The molecule has 558 valence electrons. The molecule has 0 fully saturated rings. The molecular formula is C112H82N4Si2. The molecule has 22 aromatic rings. The van der Waals surface area contributed by atoms with Crippen molar-refractivity contribution in [2.45, 2.75) is 26.2 Å². The minimum atomic E-state index is -3.26. The van der Waals surface area contributed by atoms with Crippen molar-refractivity contribution in [2.24, 2.45) is 0 Å². The van der Waals surface area contributed by atoms with E-state index in [9.17, 15) is 0 Å². The van der Waals surface area contributed by atoms with E-state index in [1.165, 1.54) is 146 Å². The summed E-state index contributed by atoms with van der Waals surface area (Å²) in [5, 5.41) is 20.4. The second-order valence-corrected chi connectivity index (χ2v) is 40.3. The Morgan fingerprint density at radius 2 is 0.415 bits per heavy atom. The Bertz CT molecular complexity index is 7460. The summed E-state index contributed by atoms with van der Waals surface area (Å²) in [5.74, 6) is 0. The molecule has 0 N–H and O–H groups in total. The highest BCUT2D eigenvalue weighted by molar-refractivity contribution is 7.20. The Kier molecular flexibility index (Phi) is 16.8. The van der Waals surface area contributed by atoms with E-state index < -0.39 is 16.1 Å². The fourth-order valence-corrected chi connectivity index (χ4v) is 29.3. The lowest BCUT2D eigenvalue weighted by Crippen LogP contribution is -2.74. The lowest BCUT2D eigenvalue weighted by atomic mass is 9.87. The number of fused-ring (bicyclic) bond motifs is 12. The predicted molar refractivity (Wildman–Crippen MR) is 506 cm³/mol. The molecule has 6 heteroatoms. The molecule has 118 heavy (non-hydrogen) atoms. The second kappa shape index (κ2) is 28.3. The molecule has 0 aliphatic carbocycles. The molecule has 0 unspecified atom stereocenters. The monoisotopic (exact) mass is 1540 g/mol. The van der Waals surface area contributed by atoms with Crippen LogP contribution in [0.1, 0.15) is 26.3 Å². The summed E-state index contributed by atoms with van der Waals surface area (Å²) in [6, 6.07) is 168. The number of aromatic nitrogens is 4. The van der Waals surface area contributed by atoms with E-state index >= 15 is 0 Å². The van der Waals surface area contributed by atoms with Gasteiger partial charge in [-0.25, -0.2) is 0 Å². The number of hydrogen-bond acceptors (Lipinski definition) is 0. The molecule has 0 saturated carbocycles. The van der Waals surface area contributed by atoms with E-state index in [-0.39, 0.29) is 5.41 Å². The first-order chi connectivity index (χ1) is 58.1. The van der Waals surface area contributed by atoms with Gasteiger partial charge in [-0.1, -0.05) is 342 Å². The summed E-state index contributed by atoms with van der Waals surface area (Å²) in [7, 11) is -6.23. The van der Waals surface area contributed by atoms with Crippen molar-refractivity contribution in [1.82, 2.24) is 18.3 Å². The zero-order valence-electron chi connectivity index (χ0n) is 65.9. The number of hydrogen-bond donors (Lipinski definition) is 0. The quantitative estimate of drug-likeness (QED) is 0.0720. The van der Waals surface area contributed by atoms with Gasteiger partial charge in [-0.2, -0.15) is 0 Å². The maximum absolute atomic E-state index is 3.26. The molecule has 4 aromatic heterocycles. The molecule has 0 aliphatic rings. The second-order valence-electron chi connectivity index (χ2n) is 32.7. The lowest BCUT2D eigenvalue weighted by molar-refractivity contribution is 0.590. The first kappa shape index (κ1) is 70.2. The maximum Gasteiger partial charge on any atom is 0.179 e. The first-order valence-corrected chi connectivity index (χ1v) is 45.1. The Morgan fingerprint density at radius 1 is 0.161 bits per heavy atom. The summed E-state index contributed by atoms with van der Waals surface area (Å²) in [6.45, 7) is 6.90. The molecule has 22 rings (SSSR count). The Morgan fingerprint density at radius 3 is 0.797 bits per heavy atom. The van der Waals surface area contributed by atoms with Gasteiger partial charge >= 0.3 is 0 Å². The Labute approximate surface area is 689 Å². The van der Waals surface area contributed by atoms with Crippen LogP contribution in [0.15, 0.2) is 443 Å². The molecule has 0 radical (unpaired) electrons. The predicted octanol–water partition coefficient (Wildman–Crippen LogP) is 23.1. The fraction of sp³-hybridized carbons (Fsp3) is 0.0357. The third-order valence-corrected chi connectivity index (χ3v) is 34.7. The minimum Gasteiger partial charge on any atom is -0.309 e. The van der Waals surface area contributed by atoms with Gasteiger partial charge in [0, 0.05) is 65.8 Å². The van der Waals surface area contributed by atoms with Crippen molar-refractivity contribution >= 4 is 145 Å². The van der Waals surface area contributed by atoms with Gasteiger partial charge in [-0.05, 0) is 207 Å². The van der Waals surface area contributed by atoms with Crippen molar-refractivity contribution in [3.8, 4) is 56.1 Å². The van der Waals surface area contributed by atoms with Crippen LogP contribution in [0, 0.1) is 0 Å². The maximum atomic E-state index is 2.61. The van der Waals surface area contributed by atoms with E-state index in [4.69, 9.17) is 0 Å². The first-order valence-electron chi connectivity index (χ1n) is 41.1. The van der Waals surface area contributed by atoms with Crippen LogP contribution in [0.25, 0.3) is 143 Å². The molecule has 0 atom stereocenters. The van der Waals surface area contributed by atoms with E-state index in [0.717, 1.165) is 44.9 Å². The van der Waals surface area contributed by atoms with Gasteiger partial charge < -0.3 is 18.3 Å². The zero-order valence-corrected chi connectivity index (χ0v) is 67.9. The molecule has 0 saturated heterocycles. The highest BCUT2D eigenvalue weighted by Crippen LogP contribution is 2.43. The summed E-state index contributed by atoms with van der Waals surface area (Å²) in [4.78, 5) is 0. The molecular weight excluding hydrogens is 1460 g/mol. The SMILES string of the molecule is CC(C)(C)c1ccc(-n2c3ccc([Si](c4ccccc4)(c4ccccc4)c4ccccc4)cc3c3cc([Si](c4ccccc4)(c4ccccc4)c4cccc(-c5ccc6c7cc(-c8ccc9c(c8)c8cc(-c%10ccc%11c(c%10)c%10ccccc%10n%11-c%10ccccc%10)ccc8n9-c8ccccc8)ccc7n(-c7ccccc7)c6c5)c4)ccc32)cc1. The van der Waals surface area contributed by atoms with Crippen molar-refractivity contribution in [3.63, 3.8) is 0 Å². The van der Waals surface area contributed by atoms with E-state index in [1.54, 1.807) is 0 Å². The summed E-state index contributed by atoms with van der Waals surface area (Å²) in [5.41, 5.74) is 22.3. The average molecular weight is 1540 g/mol. The molecule has 4 heterocycles. The largest absolute Gasteiger partial charge is 0.309 e. The Hall–Kier alpha value is -14.4. The highest BCUT2D eigenvalue weighted by Gasteiger charge is 2.44. The van der Waals surface area contributed by atoms with E-state index in [1.807, 2.05) is 0 Å². The van der Waals surface area contributed by atoms with Crippen LogP contribution < -0.4 is 41.5 Å². The number of nitrogens with zero attached hydrogens (tertiary/aromatic N) is 4. The third-order valence-electron chi connectivity index (χ3n) is 25.2. The van der Waals surface area contributed by atoms with Gasteiger partial charge in [-0.15, -0.1) is 0 Å². The van der Waals surface area contributed by atoms with Gasteiger partial charge in [0.2, 0.25) is 0 Å². The third kappa shape index (κ3) is 11.3. The standard InChI is InChI=1S/C112H82N4Si2/c1-112(2,3)83-56-58-87(59-57-83)115-109-67-60-94(117(88-38-18-7-19-39-88,89-40-20-8-21-41-89)90-42-22-9-23-43-90)75-102(109)103-76-95(61-68-110(103)115)118(91-44-24-10-25-45-91,92-46-26-11-27-47-92)93-48-30-31-77(69-93)82-51-62-97-99-71-79(53-64-106(99)116(111(97)74-82)86-36-16-6-17-37-86)81-55-66-108-101(73-81)100-72-80(54-65-107(100)114(108)85-34-14-5-15-35-85)78-52-63-105-98(70-78)96-49-28-29-50-104(96)113(105)84-32-12-4-13-33-84/h4-76H,1-3H3. The molecule has 4 nitrogen and oxygen atoms in total. The van der Waals surface area contributed by atoms with Gasteiger partial charge in [0.05, 0.1) is 44.1 Å². The molecule has 18 aromatic carbocycles. The van der Waals surface area contributed by atoms with Crippen molar-refractivity contribution < 1.29 is 0 Å². The van der Waals surface area contributed by atoms with Crippen LogP contribution in [-0.2, 0) is 5.41 Å². The van der Waals surface area contributed by atoms with Crippen LogP contribution in [0.5, 0.6) is 0 Å². The van der Waals surface area contributed by atoms with Crippen LogP contribution >= 0.6 is 0 Å². The van der Waals surface area contributed by atoms with Crippen LogP contribution in [-0.4, -0.2) is 34.4 Å². The molecule has 0 bridgehead atoms. The molecule has 0 aliphatic heterocycles. The Balaban J connectivity index is 0.705. The van der Waals surface area contributed by atoms with Crippen LogP contribution in [0.4, 0.5) is 0 Å². The molecule has 0 amide bonds. The van der Waals surface area contributed by atoms with E-state index in [2.05, 4.69) is 482 Å². The van der Waals surface area contributed by atoms with Gasteiger partial charge in [0.25, 0.3) is 0 Å². The summed E-state index contributed by atoms with van der Waals surface area (Å²) < 4.78 is 9.83. The van der Waals surface area contributed by atoms with Crippen LogP contribution in [0.2, 0.25) is 0 Å².